The summed E-state index contributed by atoms with van der Waals surface area (Å²) < 4.78 is 23.0. The highest BCUT2D eigenvalue weighted by atomic mass is 16.7. The molecule has 0 aromatic carbocycles. The third-order valence-corrected chi connectivity index (χ3v) is 15.4. The number of allylic oxidation sites excluding steroid dienone is 2. The van der Waals surface area contributed by atoms with Crippen LogP contribution in [0.4, 0.5) is 0 Å². The summed E-state index contributed by atoms with van der Waals surface area (Å²) in [4.78, 5) is 12.9. The first-order chi connectivity index (χ1) is 35.9. The van der Waals surface area contributed by atoms with E-state index in [2.05, 4.69) is 26.0 Å². The van der Waals surface area contributed by atoms with E-state index in [0.717, 1.165) is 32.1 Å². The zero-order valence-electron chi connectivity index (χ0n) is 48.4. The molecular weight excluding hydrogens is 913 g/mol. The van der Waals surface area contributed by atoms with Gasteiger partial charge in [-0.25, -0.2) is 0 Å². The summed E-state index contributed by atoms with van der Waals surface area (Å²) >= 11 is 0. The fourth-order valence-electron chi connectivity index (χ4n) is 10.4. The van der Waals surface area contributed by atoms with Crippen LogP contribution in [0.5, 0.6) is 0 Å². The highest BCUT2D eigenvalue weighted by Crippen LogP contribution is 2.23. The number of aliphatic hydroxyl groups is 4. The lowest BCUT2D eigenvalue weighted by Crippen LogP contribution is -2.59. The molecule has 0 aromatic rings. The zero-order valence-corrected chi connectivity index (χ0v) is 48.4. The molecule has 1 rings (SSSR count). The van der Waals surface area contributed by atoms with Crippen LogP contribution in [-0.4, -0.2) is 89.6 Å². The van der Waals surface area contributed by atoms with Gasteiger partial charge in [0.05, 0.1) is 19.8 Å². The van der Waals surface area contributed by atoms with Crippen LogP contribution in [0.3, 0.4) is 0 Å². The quantitative estimate of drug-likeness (QED) is 0.0267. The van der Waals surface area contributed by atoms with E-state index >= 15 is 0 Å². The number of hydrogen-bond acceptors (Lipinski definition) is 9. The summed E-state index contributed by atoms with van der Waals surface area (Å²) in [6, 6.07) is 0. The van der Waals surface area contributed by atoms with Crippen molar-refractivity contribution < 1.29 is 44.2 Å². The molecule has 1 aliphatic heterocycles. The Labute approximate surface area is 452 Å². The maximum atomic E-state index is 12.9. The molecule has 0 bridgehead atoms. The summed E-state index contributed by atoms with van der Waals surface area (Å²) in [5.74, 6) is -0.304. The van der Waals surface area contributed by atoms with Crippen molar-refractivity contribution in [3.63, 3.8) is 0 Å². The van der Waals surface area contributed by atoms with E-state index in [4.69, 9.17) is 18.9 Å². The molecule has 4 N–H and O–H groups in total. The van der Waals surface area contributed by atoms with Gasteiger partial charge in [0, 0.05) is 13.0 Å². The summed E-state index contributed by atoms with van der Waals surface area (Å²) in [5.41, 5.74) is 0. The summed E-state index contributed by atoms with van der Waals surface area (Å²) in [5, 5.41) is 40.4. The van der Waals surface area contributed by atoms with E-state index in [9.17, 15) is 25.2 Å². The Kier molecular flexibility index (Phi) is 53.3. The largest absolute Gasteiger partial charge is 0.457 e. The second kappa shape index (κ2) is 55.7. The fraction of sp³-hybridized carbons (Fsp3) is 0.953. The average molecular weight is 1040 g/mol. The van der Waals surface area contributed by atoms with Gasteiger partial charge < -0.3 is 39.4 Å². The molecule has 1 heterocycles. The lowest BCUT2D eigenvalue weighted by atomic mass is 9.99. The Hall–Kier alpha value is -1.07. The minimum Gasteiger partial charge on any atom is -0.457 e. The first-order valence-corrected chi connectivity index (χ1v) is 32.3. The van der Waals surface area contributed by atoms with Gasteiger partial charge in [0.1, 0.15) is 30.5 Å². The predicted molar refractivity (Wildman–Crippen MR) is 307 cm³/mol. The number of rotatable bonds is 58. The van der Waals surface area contributed by atoms with Crippen LogP contribution in [0.25, 0.3) is 0 Å². The Morgan fingerprint density at radius 2 is 0.753 bits per heavy atom. The van der Waals surface area contributed by atoms with Gasteiger partial charge in [-0.1, -0.05) is 296 Å². The Morgan fingerprint density at radius 1 is 0.425 bits per heavy atom. The van der Waals surface area contributed by atoms with Crippen molar-refractivity contribution in [3.05, 3.63) is 12.2 Å². The zero-order chi connectivity index (χ0) is 52.8. The monoisotopic (exact) mass is 1040 g/mol. The molecule has 9 heteroatoms. The minimum atomic E-state index is -1.53. The number of hydrogen-bond donors (Lipinski definition) is 4. The smallest absolute Gasteiger partial charge is 0.306 e. The van der Waals surface area contributed by atoms with Crippen molar-refractivity contribution in [2.45, 2.75) is 365 Å². The van der Waals surface area contributed by atoms with Crippen molar-refractivity contribution in [2.24, 2.45) is 0 Å². The average Bonchev–Trinajstić information content (AvgIpc) is 3.39. The van der Waals surface area contributed by atoms with Crippen molar-refractivity contribution in [2.75, 3.05) is 26.4 Å². The van der Waals surface area contributed by atoms with Gasteiger partial charge in [0.25, 0.3) is 0 Å². The molecule has 0 radical (unpaired) electrons. The highest BCUT2D eigenvalue weighted by Gasteiger charge is 2.44. The third-order valence-electron chi connectivity index (χ3n) is 15.4. The first-order valence-electron chi connectivity index (χ1n) is 32.3. The maximum absolute atomic E-state index is 12.9. The van der Waals surface area contributed by atoms with Gasteiger partial charge in [-0.2, -0.15) is 0 Å². The normalized spacial score (nSPS) is 18.6. The van der Waals surface area contributed by atoms with Gasteiger partial charge in [-0.05, 0) is 38.5 Å². The van der Waals surface area contributed by atoms with E-state index in [1.807, 2.05) is 0 Å². The summed E-state index contributed by atoms with van der Waals surface area (Å²) in [6.07, 6.45) is 61.4. The van der Waals surface area contributed by atoms with Crippen LogP contribution in [0.2, 0.25) is 0 Å². The van der Waals surface area contributed by atoms with E-state index < -0.39 is 43.4 Å². The van der Waals surface area contributed by atoms with Crippen molar-refractivity contribution >= 4 is 5.97 Å². The van der Waals surface area contributed by atoms with Gasteiger partial charge in [-0.3, -0.25) is 4.79 Å². The van der Waals surface area contributed by atoms with Crippen LogP contribution >= 0.6 is 0 Å². The standard InChI is InChI=1S/C64H124O9/c1-3-5-7-9-11-13-15-17-19-21-23-25-27-29-31-33-35-37-39-41-43-45-47-49-51-53-60(66)72-58(57-71-64-63(69)62(68)61(67)59(55-65)73-64)56-70-54-52-50-48-46-44-42-40-38-36-34-32-30-28-26-24-22-20-18-16-14-12-10-8-6-4-2/h21,23,58-59,61-65,67-69H,3-20,22,24-57H2,1-2H3/b23-21-. The van der Waals surface area contributed by atoms with E-state index in [1.54, 1.807) is 0 Å². The van der Waals surface area contributed by atoms with Crippen LogP contribution in [0.15, 0.2) is 12.2 Å². The van der Waals surface area contributed by atoms with Crippen molar-refractivity contribution in [3.8, 4) is 0 Å². The molecule has 0 amide bonds. The second-order valence-electron chi connectivity index (χ2n) is 22.6. The Bertz CT molecular complexity index is 1130. The molecule has 0 saturated carbocycles. The van der Waals surface area contributed by atoms with Gasteiger partial charge in [0.2, 0.25) is 0 Å². The molecule has 6 atom stereocenters. The molecular formula is C64H124O9. The lowest BCUT2D eigenvalue weighted by molar-refractivity contribution is -0.305. The number of carbonyl (C=O) groups excluding carboxylic acids is 1. The topological polar surface area (TPSA) is 135 Å². The minimum absolute atomic E-state index is 0.106. The SMILES string of the molecule is CCCCCCCCCC/C=C\CCCCCCCCCCCCCCCC(=O)OC(COCCCCCCCCCCCCCCCCCCCCCCCCCCC)COC1OC(CO)C(O)C(O)C1O. The van der Waals surface area contributed by atoms with Gasteiger partial charge in [-0.15, -0.1) is 0 Å². The van der Waals surface area contributed by atoms with Crippen molar-refractivity contribution in [1.82, 2.24) is 0 Å². The molecule has 6 unspecified atom stereocenters. The molecule has 434 valence electrons. The van der Waals surface area contributed by atoms with E-state index in [1.165, 1.54) is 276 Å². The molecule has 9 nitrogen and oxygen atoms in total. The molecule has 0 aliphatic carbocycles. The second-order valence-corrected chi connectivity index (χ2v) is 22.6. The Morgan fingerprint density at radius 3 is 1.11 bits per heavy atom. The van der Waals surface area contributed by atoms with Crippen LogP contribution in [-0.2, 0) is 23.7 Å². The maximum Gasteiger partial charge on any atom is 0.306 e. The fourth-order valence-corrected chi connectivity index (χ4v) is 10.4. The number of esters is 1. The van der Waals surface area contributed by atoms with E-state index in [-0.39, 0.29) is 19.2 Å². The van der Waals surface area contributed by atoms with Gasteiger partial charge >= 0.3 is 5.97 Å². The first kappa shape index (κ1) is 69.9. The Balaban J connectivity index is 2.09. The molecule has 1 aliphatic rings. The van der Waals surface area contributed by atoms with Crippen LogP contribution in [0.1, 0.15) is 328 Å². The van der Waals surface area contributed by atoms with E-state index in [0.29, 0.717) is 13.0 Å². The predicted octanol–water partition coefficient (Wildman–Crippen LogP) is 17.4. The number of aliphatic hydroxyl groups excluding tert-OH is 4. The summed E-state index contributed by atoms with van der Waals surface area (Å²) in [6.45, 7) is 4.65. The van der Waals surface area contributed by atoms with Crippen LogP contribution in [0, 0.1) is 0 Å². The third kappa shape index (κ3) is 45.6. The lowest BCUT2D eigenvalue weighted by Gasteiger charge is -2.39. The number of ether oxygens (including phenoxy) is 4. The molecule has 73 heavy (non-hydrogen) atoms. The molecule has 0 spiro atoms. The van der Waals surface area contributed by atoms with Crippen LogP contribution < -0.4 is 0 Å². The summed E-state index contributed by atoms with van der Waals surface area (Å²) in [7, 11) is 0. The molecule has 1 fully saturated rings. The van der Waals surface area contributed by atoms with Crippen molar-refractivity contribution in [1.29, 1.82) is 0 Å². The number of carbonyl (C=O) groups is 1. The molecule has 0 aromatic heterocycles. The molecule has 1 saturated heterocycles. The number of unbranched alkanes of at least 4 members (excludes halogenated alkanes) is 45. The van der Waals surface area contributed by atoms with Gasteiger partial charge in [0.15, 0.2) is 6.29 Å². The highest BCUT2D eigenvalue weighted by molar-refractivity contribution is 5.69.